The summed E-state index contributed by atoms with van der Waals surface area (Å²) in [6.07, 6.45) is 9.11. The number of ether oxygens (including phenoxy) is 4. The summed E-state index contributed by atoms with van der Waals surface area (Å²) in [4.78, 5) is 11.2. The van der Waals surface area contributed by atoms with Crippen molar-refractivity contribution in [2.24, 2.45) is 28.6 Å². The summed E-state index contributed by atoms with van der Waals surface area (Å²) < 4.78 is 25.1. The van der Waals surface area contributed by atoms with Crippen LogP contribution in [0.4, 0.5) is 0 Å². The summed E-state index contributed by atoms with van der Waals surface area (Å²) in [6, 6.07) is 0. The van der Waals surface area contributed by atoms with Gasteiger partial charge in [0, 0.05) is 30.1 Å². The van der Waals surface area contributed by atoms with E-state index in [0.717, 1.165) is 58.0 Å². The zero-order chi connectivity index (χ0) is 18.8. The smallest absolute Gasteiger partial charge is 0.174 e. The molecule has 3 aliphatic carbocycles. The molecular weight excluding hydrogens is 344 g/mol. The molecule has 2 heterocycles. The van der Waals surface area contributed by atoms with Gasteiger partial charge in [-0.05, 0) is 49.9 Å². The van der Waals surface area contributed by atoms with Gasteiger partial charge in [0.15, 0.2) is 11.6 Å². The van der Waals surface area contributed by atoms with E-state index in [9.17, 15) is 4.79 Å². The van der Waals surface area contributed by atoms with Crippen molar-refractivity contribution in [1.82, 2.24) is 0 Å². The summed E-state index contributed by atoms with van der Waals surface area (Å²) in [5, 5.41) is 0. The Morgan fingerprint density at radius 1 is 0.815 bits per heavy atom. The molecule has 5 rings (SSSR count). The molecule has 27 heavy (non-hydrogen) atoms. The summed E-state index contributed by atoms with van der Waals surface area (Å²) >= 11 is 0. The molecule has 0 radical (unpaired) electrons. The SMILES string of the molecule is C[C@]12CC[C@H]3[C@@H](CCC4(OCCO4)[C@]3(C)CCC=O)[C@@H]1CCC21OCCO1. The van der Waals surface area contributed by atoms with Crippen molar-refractivity contribution in [3.05, 3.63) is 0 Å². The number of carbonyl (C=O) groups is 1. The van der Waals surface area contributed by atoms with Crippen LogP contribution in [0.1, 0.15) is 65.2 Å². The van der Waals surface area contributed by atoms with Crippen LogP contribution in [0.3, 0.4) is 0 Å². The third-order valence-electron chi connectivity index (χ3n) is 9.27. The van der Waals surface area contributed by atoms with E-state index in [2.05, 4.69) is 13.8 Å². The topological polar surface area (TPSA) is 54.0 Å². The molecule has 2 spiro atoms. The molecule has 0 bridgehead atoms. The van der Waals surface area contributed by atoms with Gasteiger partial charge in [-0.25, -0.2) is 0 Å². The number of fused-ring (bicyclic) bond motifs is 4. The minimum Gasteiger partial charge on any atom is -0.347 e. The highest BCUT2D eigenvalue weighted by Crippen LogP contribution is 2.69. The van der Waals surface area contributed by atoms with Gasteiger partial charge >= 0.3 is 0 Å². The first-order valence-corrected chi connectivity index (χ1v) is 11.0. The first-order valence-electron chi connectivity index (χ1n) is 11.0. The molecule has 3 saturated carbocycles. The average molecular weight is 379 g/mol. The Labute approximate surface area is 162 Å². The molecule has 5 fully saturated rings. The highest BCUT2D eigenvalue weighted by molar-refractivity contribution is 5.49. The van der Waals surface area contributed by atoms with Crippen molar-refractivity contribution in [2.45, 2.75) is 76.8 Å². The Hall–Kier alpha value is -0.490. The van der Waals surface area contributed by atoms with Gasteiger partial charge in [-0.15, -0.1) is 0 Å². The van der Waals surface area contributed by atoms with E-state index in [0.29, 0.717) is 37.4 Å². The van der Waals surface area contributed by atoms with Gasteiger partial charge in [0.25, 0.3) is 0 Å². The van der Waals surface area contributed by atoms with Crippen LogP contribution in [0, 0.1) is 28.6 Å². The third-order valence-corrected chi connectivity index (χ3v) is 9.27. The van der Waals surface area contributed by atoms with Crippen molar-refractivity contribution in [1.29, 1.82) is 0 Å². The van der Waals surface area contributed by atoms with Crippen molar-refractivity contribution < 1.29 is 23.7 Å². The lowest BCUT2D eigenvalue weighted by atomic mass is 9.47. The standard InChI is InChI=1S/C22H34O5/c1-19(7-3-11-23)17-5-8-20(2)18(6-10-22(20)26-14-15-27-22)16(17)4-9-21(19)24-12-13-25-21/h11,16-18H,3-10,12-15H2,1-2H3/t16-,17+,18+,19-,20+/m1/s1. The van der Waals surface area contributed by atoms with E-state index in [1.165, 1.54) is 6.42 Å². The molecular formula is C22H34O5. The second-order valence-electron chi connectivity index (χ2n) is 9.93. The number of rotatable bonds is 3. The molecule has 0 aromatic rings. The van der Waals surface area contributed by atoms with Crippen LogP contribution in [0.5, 0.6) is 0 Å². The van der Waals surface area contributed by atoms with Crippen LogP contribution in [-0.4, -0.2) is 44.3 Å². The summed E-state index contributed by atoms with van der Waals surface area (Å²) in [5.74, 6) is 0.979. The first kappa shape index (κ1) is 18.5. The van der Waals surface area contributed by atoms with Crippen LogP contribution in [-0.2, 0) is 23.7 Å². The summed E-state index contributed by atoms with van der Waals surface area (Å²) in [7, 11) is 0. The summed E-state index contributed by atoms with van der Waals surface area (Å²) in [6.45, 7) is 7.59. The molecule has 2 saturated heterocycles. The normalized spacial score (nSPS) is 47.3. The molecule has 2 aliphatic heterocycles. The minimum absolute atomic E-state index is 0.0954. The van der Waals surface area contributed by atoms with Crippen molar-refractivity contribution in [3.8, 4) is 0 Å². The quantitative estimate of drug-likeness (QED) is 0.701. The maximum Gasteiger partial charge on any atom is 0.174 e. The highest BCUT2D eigenvalue weighted by atomic mass is 16.7. The van der Waals surface area contributed by atoms with Crippen LogP contribution >= 0.6 is 0 Å². The predicted molar refractivity (Wildman–Crippen MR) is 99.0 cm³/mol. The largest absolute Gasteiger partial charge is 0.347 e. The fourth-order valence-electron chi connectivity index (χ4n) is 7.95. The van der Waals surface area contributed by atoms with Gasteiger partial charge in [-0.1, -0.05) is 13.8 Å². The number of hydrogen-bond acceptors (Lipinski definition) is 5. The predicted octanol–water partition coefficient (Wildman–Crippen LogP) is 3.69. The lowest BCUT2D eigenvalue weighted by molar-refractivity contribution is -0.302. The summed E-state index contributed by atoms with van der Waals surface area (Å²) in [5.41, 5.74) is 0.0138. The second-order valence-corrected chi connectivity index (χ2v) is 9.93. The monoisotopic (exact) mass is 378 g/mol. The molecule has 0 amide bonds. The Kier molecular flexibility index (Phi) is 4.29. The van der Waals surface area contributed by atoms with Crippen molar-refractivity contribution in [2.75, 3.05) is 26.4 Å². The molecule has 5 atom stereocenters. The van der Waals surface area contributed by atoms with Crippen LogP contribution in [0.2, 0.25) is 0 Å². The zero-order valence-electron chi connectivity index (χ0n) is 16.8. The highest BCUT2D eigenvalue weighted by Gasteiger charge is 2.69. The van der Waals surface area contributed by atoms with Crippen molar-refractivity contribution in [3.63, 3.8) is 0 Å². The van der Waals surface area contributed by atoms with Crippen LogP contribution in [0.15, 0.2) is 0 Å². The molecule has 152 valence electrons. The fraction of sp³-hybridized carbons (Fsp3) is 0.955. The second kappa shape index (κ2) is 6.25. The Balaban J connectivity index is 1.48. The van der Waals surface area contributed by atoms with Crippen LogP contribution in [0.25, 0.3) is 0 Å². The van der Waals surface area contributed by atoms with Crippen LogP contribution < -0.4 is 0 Å². The van der Waals surface area contributed by atoms with E-state index in [1.54, 1.807) is 0 Å². The van der Waals surface area contributed by atoms with Crippen molar-refractivity contribution >= 4 is 6.29 Å². The molecule has 0 aromatic heterocycles. The number of carbonyl (C=O) groups excluding carboxylic acids is 1. The molecule has 0 N–H and O–H groups in total. The molecule has 5 aliphatic rings. The lowest BCUT2D eigenvalue weighted by Gasteiger charge is -2.61. The third kappa shape index (κ3) is 2.29. The van der Waals surface area contributed by atoms with E-state index < -0.39 is 5.79 Å². The van der Waals surface area contributed by atoms with Gasteiger partial charge in [0.2, 0.25) is 0 Å². The maximum absolute atomic E-state index is 11.2. The molecule has 0 unspecified atom stereocenters. The van der Waals surface area contributed by atoms with E-state index >= 15 is 0 Å². The van der Waals surface area contributed by atoms with E-state index in [1.807, 2.05) is 0 Å². The van der Waals surface area contributed by atoms with Gasteiger partial charge in [0.1, 0.15) is 6.29 Å². The average Bonchev–Trinajstić information content (AvgIpc) is 3.39. The van der Waals surface area contributed by atoms with Gasteiger partial charge < -0.3 is 23.7 Å². The van der Waals surface area contributed by atoms with Gasteiger partial charge in [-0.2, -0.15) is 0 Å². The Bertz CT molecular complexity index is 594. The van der Waals surface area contributed by atoms with Gasteiger partial charge in [-0.3, -0.25) is 0 Å². The first-order chi connectivity index (χ1) is 13.0. The minimum atomic E-state index is -0.485. The maximum atomic E-state index is 11.2. The van der Waals surface area contributed by atoms with E-state index in [-0.39, 0.29) is 16.6 Å². The van der Waals surface area contributed by atoms with Gasteiger partial charge in [0.05, 0.1) is 26.4 Å². The molecule has 0 aromatic carbocycles. The molecule has 5 nitrogen and oxygen atoms in total. The molecule has 5 heteroatoms. The number of aldehydes is 1. The Morgan fingerprint density at radius 3 is 2.07 bits per heavy atom. The Morgan fingerprint density at radius 2 is 1.41 bits per heavy atom. The van der Waals surface area contributed by atoms with E-state index in [4.69, 9.17) is 18.9 Å². The zero-order valence-corrected chi connectivity index (χ0v) is 16.8. The number of hydrogen-bond donors (Lipinski definition) is 0. The fourth-order valence-corrected chi connectivity index (χ4v) is 7.95. The lowest BCUT2D eigenvalue weighted by Crippen LogP contribution is -2.62.